The van der Waals surface area contributed by atoms with E-state index in [-0.39, 0.29) is 0 Å². The number of hydrogen-bond acceptors (Lipinski definition) is 4. The molecule has 0 radical (unpaired) electrons. The van der Waals surface area contributed by atoms with Crippen LogP contribution in [0.5, 0.6) is 5.88 Å². The van der Waals surface area contributed by atoms with E-state index >= 15 is 0 Å². The molecule has 3 nitrogen and oxygen atoms in total. The van der Waals surface area contributed by atoms with Crippen LogP contribution >= 0.6 is 11.5 Å². The summed E-state index contributed by atoms with van der Waals surface area (Å²) in [5, 5.41) is 1.06. The lowest BCUT2D eigenvalue weighted by Gasteiger charge is -2.02. The van der Waals surface area contributed by atoms with Gasteiger partial charge < -0.3 is 4.74 Å². The molecular formula is C13H10N2OS. The molecule has 4 heteroatoms. The summed E-state index contributed by atoms with van der Waals surface area (Å²) in [5.74, 6) is 0.691. The molecule has 0 aliphatic carbocycles. The average Bonchev–Trinajstić information content (AvgIpc) is 2.81. The van der Waals surface area contributed by atoms with Crippen LogP contribution in [0.1, 0.15) is 5.69 Å². The van der Waals surface area contributed by atoms with Gasteiger partial charge in [0.15, 0.2) is 0 Å². The summed E-state index contributed by atoms with van der Waals surface area (Å²) in [6.45, 7) is 0.453. The number of pyridine rings is 1. The minimum Gasteiger partial charge on any atom is -0.470 e. The zero-order valence-electron chi connectivity index (χ0n) is 9.04. The summed E-state index contributed by atoms with van der Waals surface area (Å²) in [5.41, 5.74) is 0.907. The third kappa shape index (κ3) is 2.12. The van der Waals surface area contributed by atoms with Crippen LogP contribution in [-0.4, -0.2) is 9.36 Å². The molecule has 0 unspecified atom stereocenters. The van der Waals surface area contributed by atoms with Crippen molar-refractivity contribution in [3.8, 4) is 5.88 Å². The second-order valence-corrected chi connectivity index (χ2v) is 4.40. The maximum atomic E-state index is 5.68. The van der Waals surface area contributed by atoms with E-state index in [4.69, 9.17) is 4.74 Å². The molecule has 0 spiro atoms. The van der Waals surface area contributed by atoms with Crippen molar-refractivity contribution < 1.29 is 4.74 Å². The number of benzene rings is 1. The van der Waals surface area contributed by atoms with Gasteiger partial charge in [-0.05, 0) is 35.8 Å². The van der Waals surface area contributed by atoms with Gasteiger partial charge in [0.25, 0.3) is 0 Å². The average molecular weight is 242 g/mol. The first-order chi connectivity index (χ1) is 8.43. The van der Waals surface area contributed by atoms with Gasteiger partial charge in [0, 0.05) is 6.20 Å². The Kier molecular flexibility index (Phi) is 2.71. The van der Waals surface area contributed by atoms with Crippen LogP contribution in [-0.2, 0) is 6.61 Å². The minimum atomic E-state index is 0.453. The first kappa shape index (κ1) is 10.2. The van der Waals surface area contributed by atoms with Crippen molar-refractivity contribution in [2.75, 3.05) is 0 Å². The number of hydrogen-bond donors (Lipinski definition) is 0. The minimum absolute atomic E-state index is 0.453. The quantitative estimate of drug-likeness (QED) is 0.707. The van der Waals surface area contributed by atoms with Gasteiger partial charge in [-0.1, -0.05) is 18.2 Å². The molecule has 1 aromatic carbocycles. The normalized spacial score (nSPS) is 10.6. The lowest BCUT2D eigenvalue weighted by atomic mass is 10.3. The van der Waals surface area contributed by atoms with Gasteiger partial charge in [-0.25, -0.2) is 0 Å². The second kappa shape index (κ2) is 4.51. The molecule has 0 aliphatic rings. The summed E-state index contributed by atoms with van der Waals surface area (Å²) < 4.78 is 11.1. The van der Waals surface area contributed by atoms with E-state index < -0.39 is 0 Å². The Morgan fingerprint density at radius 2 is 1.94 bits per heavy atom. The zero-order chi connectivity index (χ0) is 11.5. The summed E-state index contributed by atoms with van der Waals surface area (Å²) >= 11 is 1.45. The van der Waals surface area contributed by atoms with Gasteiger partial charge in [0.1, 0.15) is 6.61 Å². The fraction of sp³-hybridized carbons (Fsp3) is 0.0769. The maximum absolute atomic E-state index is 5.68. The SMILES string of the molecule is c1ccc(COc2nsc3ccccc23)nc1. The van der Waals surface area contributed by atoms with Crippen molar-refractivity contribution in [3.63, 3.8) is 0 Å². The molecule has 0 saturated carbocycles. The fourth-order valence-electron chi connectivity index (χ4n) is 1.59. The highest BCUT2D eigenvalue weighted by molar-refractivity contribution is 7.13. The van der Waals surface area contributed by atoms with Crippen LogP contribution in [0.25, 0.3) is 10.1 Å². The zero-order valence-corrected chi connectivity index (χ0v) is 9.85. The molecule has 0 bridgehead atoms. The smallest absolute Gasteiger partial charge is 0.233 e. The van der Waals surface area contributed by atoms with Crippen LogP contribution in [0.2, 0.25) is 0 Å². The third-order valence-electron chi connectivity index (χ3n) is 2.43. The second-order valence-electron chi connectivity index (χ2n) is 3.59. The summed E-state index contributed by atoms with van der Waals surface area (Å²) in [6, 6.07) is 13.8. The van der Waals surface area contributed by atoms with Crippen LogP contribution < -0.4 is 4.74 Å². The summed E-state index contributed by atoms with van der Waals surface area (Å²) in [7, 11) is 0. The van der Waals surface area contributed by atoms with Crippen molar-refractivity contribution in [1.82, 2.24) is 9.36 Å². The van der Waals surface area contributed by atoms with E-state index in [0.29, 0.717) is 12.5 Å². The molecule has 0 fully saturated rings. The Bertz CT molecular complexity index is 621. The fourth-order valence-corrected chi connectivity index (χ4v) is 2.32. The molecule has 0 saturated heterocycles. The molecule has 2 aromatic heterocycles. The number of rotatable bonds is 3. The third-order valence-corrected chi connectivity index (χ3v) is 3.24. The van der Waals surface area contributed by atoms with Crippen LogP contribution in [0.4, 0.5) is 0 Å². The Labute approximate surface area is 103 Å². The molecule has 17 heavy (non-hydrogen) atoms. The largest absolute Gasteiger partial charge is 0.470 e. The van der Waals surface area contributed by atoms with E-state index in [2.05, 4.69) is 9.36 Å². The molecule has 0 atom stereocenters. The number of fused-ring (bicyclic) bond motifs is 1. The van der Waals surface area contributed by atoms with E-state index in [1.165, 1.54) is 11.5 Å². The standard InChI is InChI=1S/C13H10N2OS/c1-2-7-12-11(6-1)13(15-17-12)16-9-10-5-3-4-8-14-10/h1-8H,9H2. The van der Waals surface area contributed by atoms with Crippen molar-refractivity contribution in [2.45, 2.75) is 6.61 Å². The topological polar surface area (TPSA) is 35.0 Å². The number of ether oxygens (including phenoxy) is 1. The molecule has 3 aromatic rings. The predicted molar refractivity (Wildman–Crippen MR) is 68.2 cm³/mol. The monoisotopic (exact) mass is 242 g/mol. The van der Waals surface area contributed by atoms with E-state index in [9.17, 15) is 0 Å². The first-order valence-electron chi connectivity index (χ1n) is 5.30. The molecule has 2 heterocycles. The summed E-state index contributed by atoms with van der Waals surface area (Å²) in [4.78, 5) is 4.21. The number of aromatic nitrogens is 2. The highest BCUT2D eigenvalue weighted by Gasteiger charge is 2.06. The maximum Gasteiger partial charge on any atom is 0.233 e. The van der Waals surface area contributed by atoms with E-state index in [1.807, 2.05) is 42.5 Å². The van der Waals surface area contributed by atoms with E-state index in [0.717, 1.165) is 15.8 Å². The van der Waals surface area contributed by atoms with Crippen LogP contribution in [0.15, 0.2) is 48.7 Å². The Morgan fingerprint density at radius 1 is 1.06 bits per heavy atom. The van der Waals surface area contributed by atoms with Gasteiger partial charge in [-0.3, -0.25) is 4.98 Å². The van der Waals surface area contributed by atoms with Crippen molar-refractivity contribution in [1.29, 1.82) is 0 Å². The van der Waals surface area contributed by atoms with Gasteiger partial charge in [0.05, 0.1) is 15.8 Å². The Morgan fingerprint density at radius 3 is 2.82 bits per heavy atom. The summed E-state index contributed by atoms with van der Waals surface area (Å²) in [6.07, 6.45) is 1.76. The lowest BCUT2D eigenvalue weighted by molar-refractivity contribution is 0.296. The Balaban J connectivity index is 1.82. The predicted octanol–water partition coefficient (Wildman–Crippen LogP) is 3.27. The van der Waals surface area contributed by atoms with Gasteiger partial charge in [-0.15, -0.1) is 0 Å². The van der Waals surface area contributed by atoms with Crippen molar-refractivity contribution >= 4 is 21.6 Å². The highest BCUT2D eigenvalue weighted by Crippen LogP contribution is 2.28. The van der Waals surface area contributed by atoms with Crippen LogP contribution in [0, 0.1) is 0 Å². The molecular weight excluding hydrogens is 232 g/mol. The molecule has 0 amide bonds. The van der Waals surface area contributed by atoms with Gasteiger partial charge in [0.2, 0.25) is 5.88 Å². The molecule has 84 valence electrons. The molecule has 0 N–H and O–H groups in total. The van der Waals surface area contributed by atoms with Crippen LogP contribution in [0.3, 0.4) is 0 Å². The Hall–Kier alpha value is -1.94. The lowest BCUT2D eigenvalue weighted by Crippen LogP contribution is -1.97. The van der Waals surface area contributed by atoms with Gasteiger partial charge >= 0.3 is 0 Å². The number of nitrogens with zero attached hydrogens (tertiary/aromatic N) is 2. The molecule has 0 aliphatic heterocycles. The highest BCUT2D eigenvalue weighted by atomic mass is 32.1. The van der Waals surface area contributed by atoms with Gasteiger partial charge in [-0.2, -0.15) is 4.37 Å². The molecule has 3 rings (SSSR count). The van der Waals surface area contributed by atoms with Crippen molar-refractivity contribution in [2.24, 2.45) is 0 Å². The first-order valence-corrected chi connectivity index (χ1v) is 6.08. The van der Waals surface area contributed by atoms with Crippen molar-refractivity contribution in [3.05, 3.63) is 54.4 Å². The van der Waals surface area contributed by atoms with E-state index in [1.54, 1.807) is 6.20 Å².